The Morgan fingerprint density at radius 1 is 1.04 bits per heavy atom. The van der Waals surface area contributed by atoms with E-state index in [1.165, 1.54) is 19.1 Å². The number of benzene rings is 1. The first-order valence-corrected chi connectivity index (χ1v) is 16.1. The van der Waals surface area contributed by atoms with Gasteiger partial charge in [0.1, 0.15) is 0 Å². The lowest BCUT2D eigenvalue weighted by molar-refractivity contribution is -0.151. The van der Waals surface area contributed by atoms with Crippen LogP contribution in [-0.2, 0) is 27.3 Å². The Kier molecular flexibility index (Phi) is 9.69. The third kappa shape index (κ3) is 8.15. The number of hydrogen-bond donors (Lipinski definition) is 2. The Labute approximate surface area is 269 Å². The number of hydrogen-bond acceptors (Lipinski definition) is 9. The van der Waals surface area contributed by atoms with Gasteiger partial charge in [0.25, 0.3) is 5.91 Å². The zero-order valence-corrected chi connectivity index (χ0v) is 26.3. The third-order valence-electron chi connectivity index (χ3n) is 7.83. The number of carbonyl (C=O) groups is 3. The van der Waals surface area contributed by atoms with Crippen molar-refractivity contribution in [2.45, 2.75) is 38.8 Å². The molecular formula is C33H35FN6O5S. The van der Waals surface area contributed by atoms with E-state index in [-0.39, 0.29) is 36.9 Å². The van der Waals surface area contributed by atoms with Gasteiger partial charge in [-0.2, -0.15) is 0 Å². The molecule has 4 heterocycles. The molecule has 1 saturated carbocycles. The highest BCUT2D eigenvalue weighted by atomic mass is 32.1. The van der Waals surface area contributed by atoms with Crippen LogP contribution < -0.4 is 15.4 Å². The molecule has 13 heteroatoms. The molecule has 240 valence electrons. The van der Waals surface area contributed by atoms with E-state index in [1.54, 1.807) is 28.5 Å². The van der Waals surface area contributed by atoms with E-state index in [1.807, 2.05) is 24.4 Å². The van der Waals surface area contributed by atoms with Crippen molar-refractivity contribution in [3.63, 3.8) is 0 Å². The molecule has 0 spiro atoms. The molecule has 0 unspecified atom stereocenters. The lowest BCUT2D eigenvalue weighted by Crippen LogP contribution is -2.49. The molecule has 1 saturated heterocycles. The number of pyridine rings is 2. The fourth-order valence-corrected chi connectivity index (χ4v) is 6.33. The van der Waals surface area contributed by atoms with Crippen LogP contribution in [0.1, 0.15) is 30.9 Å². The average molecular weight is 647 g/mol. The number of amides is 3. The van der Waals surface area contributed by atoms with Gasteiger partial charge in [0, 0.05) is 76.3 Å². The molecule has 0 bridgehead atoms. The zero-order chi connectivity index (χ0) is 32.0. The zero-order valence-electron chi connectivity index (χ0n) is 25.5. The number of ether oxygens (including phenoxy) is 2. The number of nitrogens with one attached hydrogen (secondary N) is 2. The lowest BCUT2D eigenvalue weighted by Gasteiger charge is -2.34. The first-order valence-electron chi connectivity index (χ1n) is 15.3. The highest BCUT2D eigenvalue weighted by Gasteiger charge is 2.24. The van der Waals surface area contributed by atoms with Crippen LogP contribution in [0.4, 0.5) is 14.9 Å². The van der Waals surface area contributed by atoms with Gasteiger partial charge in [0.2, 0.25) is 0 Å². The number of thiophene rings is 1. The Balaban J connectivity index is 1.01. The summed E-state index contributed by atoms with van der Waals surface area (Å²) in [5, 5.41) is 5.46. The molecule has 3 amide bonds. The van der Waals surface area contributed by atoms with Crippen LogP contribution in [0.5, 0.6) is 5.75 Å². The van der Waals surface area contributed by atoms with E-state index < -0.39 is 11.8 Å². The predicted octanol–water partition coefficient (Wildman–Crippen LogP) is 4.61. The van der Waals surface area contributed by atoms with Gasteiger partial charge >= 0.3 is 12.0 Å². The summed E-state index contributed by atoms with van der Waals surface area (Å²) < 4.78 is 26.3. The standard InChI is InChI=1S/C33H35FN6O5S/c1-21(41)45-20-31(42)40-13-11-39(12-14-40)19-22-2-6-27(36-18-22)30-17-28-32(46-30)23(8-10-35-28)9-15-44-29-7-5-25(16-26(29)34)38-33(43)37-24-3-4-24/h2,5-8,10,16-18,24H,3-4,9,11-15,19-20H2,1H3,(H2,37,38,43). The summed E-state index contributed by atoms with van der Waals surface area (Å²) in [6.45, 7) is 4.74. The van der Waals surface area contributed by atoms with Crippen molar-refractivity contribution in [2.24, 2.45) is 0 Å². The van der Waals surface area contributed by atoms with Gasteiger partial charge in [-0.25, -0.2) is 9.18 Å². The Bertz CT molecular complexity index is 1720. The van der Waals surface area contributed by atoms with Crippen molar-refractivity contribution in [3.8, 4) is 16.3 Å². The second kappa shape index (κ2) is 14.2. The highest BCUT2D eigenvalue weighted by molar-refractivity contribution is 7.22. The van der Waals surface area contributed by atoms with Crippen molar-refractivity contribution in [1.82, 2.24) is 25.1 Å². The smallest absolute Gasteiger partial charge is 0.319 e. The largest absolute Gasteiger partial charge is 0.490 e. The molecule has 1 aliphatic heterocycles. The van der Waals surface area contributed by atoms with Gasteiger partial charge in [-0.3, -0.25) is 24.5 Å². The minimum Gasteiger partial charge on any atom is -0.490 e. The molecule has 3 aromatic heterocycles. The maximum absolute atomic E-state index is 14.7. The maximum Gasteiger partial charge on any atom is 0.319 e. The fraction of sp³-hybridized carbons (Fsp3) is 0.364. The second-order valence-electron chi connectivity index (χ2n) is 11.4. The number of fused-ring (bicyclic) bond motifs is 1. The number of anilines is 1. The van der Waals surface area contributed by atoms with E-state index >= 15 is 0 Å². The van der Waals surface area contributed by atoms with Crippen molar-refractivity contribution in [3.05, 3.63) is 71.8 Å². The number of urea groups is 1. The number of piperazine rings is 1. The fourth-order valence-electron chi connectivity index (χ4n) is 5.19. The summed E-state index contributed by atoms with van der Waals surface area (Å²) in [6.07, 6.45) is 6.17. The van der Waals surface area contributed by atoms with Crippen LogP contribution in [0, 0.1) is 5.82 Å². The van der Waals surface area contributed by atoms with Gasteiger partial charge in [-0.15, -0.1) is 11.3 Å². The molecule has 2 aliphatic rings. The summed E-state index contributed by atoms with van der Waals surface area (Å²) in [5.74, 6) is -1.03. The van der Waals surface area contributed by atoms with Crippen LogP contribution in [0.15, 0.2) is 54.9 Å². The van der Waals surface area contributed by atoms with E-state index in [0.29, 0.717) is 25.2 Å². The summed E-state index contributed by atoms with van der Waals surface area (Å²) in [5.41, 5.74) is 4.24. The maximum atomic E-state index is 14.7. The normalized spacial score (nSPS) is 15.0. The van der Waals surface area contributed by atoms with Crippen molar-refractivity contribution < 1.29 is 28.2 Å². The summed E-state index contributed by atoms with van der Waals surface area (Å²) in [6, 6.07) is 12.4. The highest BCUT2D eigenvalue weighted by Crippen LogP contribution is 2.34. The minimum atomic E-state index is -0.536. The average Bonchev–Trinajstić information content (AvgIpc) is 3.75. The third-order valence-corrected chi connectivity index (χ3v) is 9.05. The molecular weight excluding hydrogens is 611 g/mol. The molecule has 46 heavy (non-hydrogen) atoms. The van der Waals surface area contributed by atoms with E-state index in [2.05, 4.69) is 26.6 Å². The first kappa shape index (κ1) is 31.4. The van der Waals surface area contributed by atoms with E-state index in [0.717, 1.165) is 64.4 Å². The van der Waals surface area contributed by atoms with Gasteiger partial charge in [-0.1, -0.05) is 6.07 Å². The van der Waals surface area contributed by atoms with E-state index in [9.17, 15) is 18.8 Å². The molecule has 0 atom stereocenters. The van der Waals surface area contributed by atoms with Gasteiger partial charge < -0.3 is 25.0 Å². The number of halogens is 1. The summed E-state index contributed by atoms with van der Waals surface area (Å²) >= 11 is 1.61. The van der Waals surface area contributed by atoms with Crippen LogP contribution in [-0.4, -0.2) is 83.1 Å². The van der Waals surface area contributed by atoms with Gasteiger partial charge in [0.15, 0.2) is 18.2 Å². The predicted molar refractivity (Wildman–Crippen MR) is 172 cm³/mol. The monoisotopic (exact) mass is 646 g/mol. The van der Waals surface area contributed by atoms with Crippen LogP contribution >= 0.6 is 11.3 Å². The number of esters is 1. The summed E-state index contributed by atoms with van der Waals surface area (Å²) in [4.78, 5) is 49.4. The molecule has 11 nitrogen and oxygen atoms in total. The molecule has 2 N–H and O–H groups in total. The minimum absolute atomic E-state index is 0.129. The Hall–Kier alpha value is -4.62. The quantitative estimate of drug-likeness (QED) is 0.227. The Morgan fingerprint density at radius 3 is 2.59 bits per heavy atom. The molecule has 1 aliphatic carbocycles. The number of aromatic nitrogens is 2. The Morgan fingerprint density at radius 2 is 1.87 bits per heavy atom. The van der Waals surface area contributed by atoms with Crippen molar-refractivity contribution in [2.75, 3.05) is 44.7 Å². The molecule has 1 aromatic carbocycles. The topological polar surface area (TPSA) is 126 Å². The van der Waals surface area contributed by atoms with Gasteiger partial charge in [0.05, 0.1) is 27.4 Å². The SMILES string of the molecule is CC(=O)OCC(=O)N1CCN(Cc2ccc(-c3cc4nccc(CCOc5ccc(NC(=O)NC6CC6)cc5F)c4s3)nc2)CC1. The number of nitrogens with zero attached hydrogens (tertiary/aromatic N) is 4. The van der Waals surface area contributed by atoms with Crippen LogP contribution in [0.25, 0.3) is 20.8 Å². The lowest BCUT2D eigenvalue weighted by atomic mass is 10.2. The van der Waals surface area contributed by atoms with Crippen LogP contribution in [0.2, 0.25) is 0 Å². The summed E-state index contributed by atoms with van der Waals surface area (Å²) in [7, 11) is 0. The second-order valence-corrected chi connectivity index (χ2v) is 12.5. The molecule has 0 radical (unpaired) electrons. The van der Waals surface area contributed by atoms with E-state index in [4.69, 9.17) is 14.5 Å². The molecule has 2 fully saturated rings. The first-order chi connectivity index (χ1) is 22.3. The molecule has 4 aromatic rings. The number of rotatable bonds is 11. The van der Waals surface area contributed by atoms with Gasteiger partial charge in [-0.05, 0) is 54.3 Å². The van der Waals surface area contributed by atoms with Crippen molar-refractivity contribution >= 4 is 45.1 Å². The van der Waals surface area contributed by atoms with Crippen LogP contribution in [0.3, 0.4) is 0 Å². The van der Waals surface area contributed by atoms with Crippen molar-refractivity contribution in [1.29, 1.82) is 0 Å². The number of carbonyl (C=O) groups excluding carboxylic acids is 3. The molecule has 6 rings (SSSR count).